The zero-order valence-electron chi connectivity index (χ0n) is 9.52. The fraction of sp³-hybridized carbons (Fsp3) is 0. The van der Waals surface area contributed by atoms with Crippen molar-refractivity contribution in [1.82, 2.24) is 0 Å². The van der Waals surface area contributed by atoms with Crippen LogP contribution >= 0.6 is 0 Å². The monoisotopic (exact) mass is 260 g/mol. The highest BCUT2D eigenvalue weighted by molar-refractivity contribution is 5.83. The van der Waals surface area contributed by atoms with Crippen LogP contribution in [0.3, 0.4) is 0 Å². The molecular weight excluding hydrogens is 252 g/mol. The van der Waals surface area contributed by atoms with Crippen molar-refractivity contribution in [3.63, 3.8) is 0 Å². The number of hydrogen-bond donors (Lipinski definition) is 1. The molecule has 2 aromatic rings. The van der Waals surface area contributed by atoms with Crippen molar-refractivity contribution in [3.8, 4) is 11.4 Å². The van der Waals surface area contributed by atoms with Gasteiger partial charge in [0.25, 0.3) is 11.4 Å². The Morgan fingerprint density at radius 2 is 2.00 bits per heavy atom. The van der Waals surface area contributed by atoms with Crippen LogP contribution in [0.4, 0.5) is 5.69 Å². The van der Waals surface area contributed by atoms with Crippen LogP contribution in [0, 0.1) is 10.1 Å². The number of non-ortho nitro benzene ring substituents is 1. The number of rotatable bonds is 3. The maximum absolute atomic E-state index is 11.7. The first kappa shape index (κ1) is 12.5. The largest absolute Gasteiger partial charge is 0.868 e. The molecule has 0 fully saturated rings. The van der Waals surface area contributed by atoms with Gasteiger partial charge >= 0.3 is 5.97 Å². The molecule has 0 spiro atoms. The van der Waals surface area contributed by atoms with Crippen LogP contribution in [0.25, 0.3) is 5.69 Å². The second kappa shape index (κ2) is 4.73. The van der Waals surface area contributed by atoms with Crippen LogP contribution in [0.15, 0.2) is 42.6 Å². The molecule has 1 aromatic heterocycles. The van der Waals surface area contributed by atoms with Crippen molar-refractivity contribution in [2.45, 2.75) is 0 Å². The van der Waals surface area contributed by atoms with E-state index in [4.69, 9.17) is 5.11 Å². The number of hydrogen-bond acceptors (Lipinski definition) is 4. The lowest BCUT2D eigenvalue weighted by molar-refractivity contribution is -0.603. The van der Waals surface area contributed by atoms with Crippen LogP contribution in [0.5, 0.6) is 5.75 Å². The molecule has 7 nitrogen and oxygen atoms in total. The van der Waals surface area contributed by atoms with Gasteiger partial charge in [-0.15, -0.1) is 0 Å². The van der Waals surface area contributed by atoms with Gasteiger partial charge in [-0.3, -0.25) is 10.1 Å². The maximum atomic E-state index is 11.7. The molecule has 0 bridgehead atoms. The van der Waals surface area contributed by atoms with E-state index in [-0.39, 0.29) is 17.1 Å². The van der Waals surface area contributed by atoms with E-state index < -0.39 is 16.6 Å². The molecule has 0 unspecified atom stereocenters. The van der Waals surface area contributed by atoms with Gasteiger partial charge < -0.3 is 10.2 Å². The number of pyridine rings is 1. The van der Waals surface area contributed by atoms with Crippen molar-refractivity contribution >= 4 is 11.7 Å². The van der Waals surface area contributed by atoms with Gasteiger partial charge in [0.1, 0.15) is 0 Å². The first-order chi connectivity index (χ1) is 9.00. The van der Waals surface area contributed by atoms with E-state index >= 15 is 0 Å². The van der Waals surface area contributed by atoms with Crippen molar-refractivity contribution in [1.29, 1.82) is 0 Å². The molecule has 2 rings (SSSR count). The summed E-state index contributed by atoms with van der Waals surface area (Å²) in [4.78, 5) is 21.1. The van der Waals surface area contributed by atoms with E-state index in [0.29, 0.717) is 0 Å². The SMILES string of the molecule is O=C(O)c1cccc[n+]1-c1cc([N+](=O)[O-])ccc1[O-]. The average Bonchev–Trinajstić information content (AvgIpc) is 2.39. The highest BCUT2D eigenvalue weighted by Gasteiger charge is 2.22. The summed E-state index contributed by atoms with van der Waals surface area (Å²) >= 11 is 0. The number of aromatic nitrogens is 1. The Morgan fingerprint density at radius 3 is 2.63 bits per heavy atom. The first-order valence-electron chi connectivity index (χ1n) is 5.20. The summed E-state index contributed by atoms with van der Waals surface area (Å²) < 4.78 is 1.11. The van der Waals surface area contributed by atoms with E-state index in [0.717, 1.165) is 22.8 Å². The van der Waals surface area contributed by atoms with Crippen LogP contribution in [0.2, 0.25) is 0 Å². The van der Waals surface area contributed by atoms with E-state index in [2.05, 4.69) is 0 Å². The van der Waals surface area contributed by atoms with Crippen molar-refractivity contribution < 1.29 is 24.5 Å². The van der Waals surface area contributed by atoms with Crippen LogP contribution in [-0.2, 0) is 0 Å². The Labute approximate surface area is 107 Å². The number of aromatic carboxylic acids is 1. The molecule has 1 N–H and O–H groups in total. The predicted octanol–water partition coefficient (Wildman–Crippen LogP) is 0.643. The predicted molar refractivity (Wildman–Crippen MR) is 61.0 cm³/mol. The smallest absolute Gasteiger partial charge is 0.401 e. The zero-order valence-corrected chi connectivity index (χ0v) is 9.52. The van der Waals surface area contributed by atoms with E-state index in [9.17, 15) is 20.0 Å². The highest BCUT2D eigenvalue weighted by atomic mass is 16.6. The summed E-state index contributed by atoms with van der Waals surface area (Å²) in [6.45, 7) is 0. The summed E-state index contributed by atoms with van der Waals surface area (Å²) in [5.74, 6) is -1.73. The minimum atomic E-state index is -1.23. The Morgan fingerprint density at radius 1 is 1.26 bits per heavy atom. The van der Waals surface area contributed by atoms with Gasteiger partial charge in [0.15, 0.2) is 6.20 Å². The lowest BCUT2D eigenvalue weighted by Crippen LogP contribution is -2.38. The summed E-state index contributed by atoms with van der Waals surface area (Å²) in [5, 5.41) is 31.5. The van der Waals surface area contributed by atoms with E-state index in [1.165, 1.54) is 24.4 Å². The molecular formula is C12H8N2O5. The summed E-state index contributed by atoms with van der Waals surface area (Å²) in [5.41, 5.74) is -0.505. The Hall–Kier alpha value is -2.96. The molecule has 96 valence electrons. The Kier molecular flexibility index (Phi) is 3.11. The van der Waals surface area contributed by atoms with Crippen molar-refractivity contribution in [3.05, 3.63) is 58.4 Å². The number of nitro benzene ring substituents is 1. The molecule has 1 aromatic carbocycles. The molecule has 0 atom stereocenters. The van der Waals surface area contributed by atoms with Crippen LogP contribution in [0.1, 0.15) is 10.5 Å². The molecule has 0 radical (unpaired) electrons. The van der Waals surface area contributed by atoms with Gasteiger partial charge in [0.05, 0.1) is 11.0 Å². The standard InChI is InChI=1S/C12H8N2O5/c15-11-5-4-8(14(18)19)7-10(11)13-6-2-1-3-9(13)12(16)17/h1-7H,(H-,15,16,17). The van der Waals surface area contributed by atoms with Crippen LogP contribution in [-0.4, -0.2) is 16.0 Å². The van der Waals surface area contributed by atoms with Gasteiger partial charge in [0, 0.05) is 18.2 Å². The molecule has 0 aliphatic heterocycles. The fourth-order valence-electron chi connectivity index (χ4n) is 1.64. The number of carbonyl (C=O) groups is 1. The molecule has 7 heteroatoms. The van der Waals surface area contributed by atoms with Crippen molar-refractivity contribution in [2.75, 3.05) is 0 Å². The number of carboxylic acid groups (broad SMARTS) is 1. The fourth-order valence-corrected chi connectivity index (χ4v) is 1.64. The molecule has 0 saturated carbocycles. The van der Waals surface area contributed by atoms with Gasteiger partial charge in [-0.25, -0.2) is 4.79 Å². The number of nitro groups is 1. The first-order valence-corrected chi connectivity index (χ1v) is 5.20. The molecule has 0 amide bonds. The third kappa shape index (κ3) is 2.34. The third-order valence-electron chi connectivity index (χ3n) is 2.49. The van der Waals surface area contributed by atoms with Gasteiger partial charge in [-0.1, -0.05) is 6.07 Å². The summed E-state index contributed by atoms with van der Waals surface area (Å²) in [6.07, 6.45) is 1.36. The quantitative estimate of drug-likeness (QED) is 0.495. The van der Waals surface area contributed by atoms with Gasteiger partial charge in [-0.05, 0) is 11.8 Å². The third-order valence-corrected chi connectivity index (χ3v) is 2.49. The second-order valence-corrected chi connectivity index (χ2v) is 3.67. The van der Waals surface area contributed by atoms with Crippen molar-refractivity contribution in [2.24, 2.45) is 0 Å². The molecule has 0 aliphatic carbocycles. The zero-order chi connectivity index (χ0) is 14.0. The molecule has 0 aliphatic rings. The molecule has 0 saturated heterocycles. The maximum Gasteiger partial charge on any atom is 0.401 e. The van der Waals surface area contributed by atoms with Gasteiger partial charge in [-0.2, -0.15) is 4.57 Å². The number of nitrogens with zero attached hydrogens (tertiary/aromatic N) is 2. The highest BCUT2D eigenvalue weighted by Crippen LogP contribution is 2.21. The summed E-state index contributed by atoms with van der Waals surface area (Å²) in [7, 11) is 0. The van der Waals surface area contributed by atoms with Crippen LogP contribution < -0.4 is 9.67 Å². The lowest BCUT2D eigenvalue weighted by atomic mass is 10.2. The van der Waals surface area contributed by atoms with E-state index in [1.807, 2.05) is 0 Å². The molecule has 19 heavy (non-hydrogen) atoms. The minimum absolute atomic E-state index is 0.0767. The second-order valence-electron chi connectivity index (χ2n) is 3.67. The van der Waals surface area contributed by atoms with Gasteiger partial charge in [0.2, 0.25) is 5.69 Å². The van der Waals surface area contributed by atoms with E-state index in [1.54, 1.807) is 0 Å². The average molecular weight is 260 g/mol. The topological polar surface area (TPSA) is 107 Å². The summed E-state index contributed by atoms with van der Waals surface area (Å²) in [6, 6.07) is 7.51. The minimum Gasteiger partial charge on any atom is -0.868 e. The lowest BCUT2D eigenvalue weighted by Gasteiger charge is -2.08. The number of benzene rings is 1. The Bertz CT molecular complexity index is 669. The Balaban J connectivity index is 2.68. The number of carboxylic acids is 1. The normalized spacial score (nSPS) is 10.1. The molecule has 1 heterocycles.